The predicted octanol–water partition coefficient (Wildman–Crippen LogP) is 1.34. The molecule has 1 aliphatic carbocycles. The van der Waals surface area contributed by atoms with Gasteiger partial charge in [0.05, 0.1) is 52.9 Å². The Morgan fingerprint density at radius 3 is 2.40 bits per heavy atom. The number of carbonyl (C=O) groups is 1. The zero-order valence-corrected chi connectivity index (χ0v) is 21.6. The molecule has 42 heavy (non-hydrogen) atoms. The standard InChI is InChI=1S/C29H32O13/c1-11-36-9-20-27(40-11)24(31)25(32)29(41-20)42-26-14-7-17-16(38-10-39-17)6-13(14)21(22-15(26)8-37-28(22)33)12-4-18(34-2)23(30)19(5-12)35-3/h4-7,11,15,20-22,24-27,29-32H,8-10H2,1-3H3/t11-,15+,20-,21-,22+,24-,25-,26-,27-,29+/m1/s1/i2D3,3D3,8D2,9D2,21D. The molecule has 2 aromatic carbocycles. The summed E-state index contributed by atoms with van der Waals surface area (Å²) >= 11 is 0. The molecule has 4 heterocycles. The number of phenols is 1. The zero-order chi connectivity index (χ0) is 38.8. The monoisotopic (exact) mass is 599 g/mol. The summed E-state index contributed by atoms with van der Waals surface area (Å²) in [5.41, 5.74) is -0.717. The van der Waals surface area contributed by atoms with E-state index in [9.17, 15) is 21.5 Å². The van der Waals surface area contributed by atoms with Gasteiger partial charge in [0.1, 0.15) is 24.4 Å². The average molecular weight is 600 g/mol. The van der Waals surface area contributed by atoms with Crippen molar-refractivity contribution in [2.75, 3.05) is 34.0 Å². The average Bonchev–Trinajstić information content (AvgIpc) is 3.57. The van der Waals surface area contributed by atoms with Crippen molar-refractivity contribution in [2.24, 2.45) is 11.8 Å². The van der Waals surface area contributed by atoms with Crippen LogP contribution in [0.4, 0.5) is 0 Å². The highest BCUT2D eigenvalue weighted by atomic mass is 16.8. The van der Waals surface area contributed by atoms with Crippen LogP contribution < -0.4 is 18.9 Å². The molecule has 2 aromatic rings. The molecule has 0 unspecified atom stereocenters. The first-order valence-electron chi connectivity index (χ1n) is 18.3. The largest absolute Gasteiger partial charge is 0.502 e. The van der Waals surface area contributed by atoms with Crippen LogP contribution in [0, 0.1) is 11.8 Å². The molecule has 3 saturated heterocycles. The number of aliphatic hydroxyl groups is 2. The number of rotatable bonds is 5. The Kier molecular flexibility index (Phi) is 4.40. The van der Waals surface area contributed by atoms with Crippen LogP contribution in [0.25, 0.3) is 0 Å². The number of methoxy groups -OCH3 is 2. The van der Waals surface area contributed by atoms with E-state index in [0.29, 0.717) is 0 Å². The fourth-order valence-corrected chi connectivity index (χ4v) is 5.86. The van der Waals surface area contributed by atoms with Gasteiger partial charge in [0.15, 0.2) is 35.6 Å². The normalized spacial score (nSPS) is 45.1. The molecule has 0 amide bonds. The van der Waals surface area contributed by atoms with E-state index in [4.69, 9.17) is 56.3 Å². The second-order valence-corrected chi connectivity index (χ2v) is 10.1. The third-order valence-electron chi connectivity index (χ3n) is 7.78. The first-order chi connectivity index (χ1) is 24.4. The second-order valence-electron chi connectivity index (χ2n) is 10.1. The van der Waals surface area contributed by atoms with E-state index in [1.165, 1.54) is 19.1 Å². The number of hydrogen-bond donors (Lipinski definition) is 3. The van der Waals surface area contributed by atoms with Crippen molar-refractivity contribution < 1.29 is 77.8 Å². The van der Waals surface area contributed by atoms with E-state index >= 15 is 0 Å². The van der Waals surface area contributed by atoms with Crippen LogP contribution in [-0.4, -0.2) is 92.3 Å². The van der Waals surface area contributed by atoms with Crippen LogP contribution in [0.3, 0.4) is 0 Å². The van der Waals surface area contributed by atoms with Gasteiger partial charge in [0, 0.05) is 13.2 Å². The number of cyclic esters (lactones) is 1. The maximum atomic E-state index is 13.8. The third-order valence-corrected chi connectivity index (χ3v) is 7.78. The van der Waals surface area contributed by atoms with Gasteiger partial charge in [-0.3, -0.25) is 4.79 Å². The van der Waals surface area contributed by atoms with Gasteiger partial charge in [-0.15, -0.1) is 0 Å². The van der Waals surface area contributed by atoms with Crippen LogP contribution in [0.15, 0.2) is 24.3 Å². The molecule has 4 aliphatic heterocycles. The van der Waals surface area contributed by atoms with Crippen LogP contribution >= 0.6 is 0 Å². The summed E-state index contributed by atoms with van der Waals surface area (Å²) in [5.74, 6) is -10.4. The highest BCUT2D eigenvalue weighted by Crippen LogP contribution is 2.57. The van der Waals surface area contributed by atoms with Crippen LogP contribution in [0.5, 0.6) is 28.7 Å². The lowest BCUT2D eigenvalue weighted by atomic mass is 9.66. The van der Waals surface area contributed by atoms with E-state index in [2.05, 4.69) is 0 Å². The van der Waals surface area contributed by atoms with Gasteiger partial charge in [-0.05, 0) is 47.9 Å². The minimum Gasteiger partial charge on any atom is -0.502 e. The van der Waals surface area contributed by atoms with E-state index < -0.39 is 117 Å². The number of aromatic hydroxyl groups is 1. The maximum absolute atomic E-state index is 13.8. The Bertz CT molecular complexity index is 1770. The molecule has 3 N–H and O–H groups in total. The van der Waals surface area contributed by atoms with Crippen molar-refractivity contribution in [3.8, 4) is 28.7 Å². The minimum absolute atomic E-state index is 0.0368. The summed E-state index contributed by atoms with van der Waals surface area (Å²) in [5, 5.41) is 33.1. The number of phenolic OH excluding ortho intramolecular Hbond substituents is 1. The lowest BCUT2D eigenvalue weighted by Gasteiger charge is -2.47. The minimum atomic E-state index is -3.23. The SMILES string of the molecule is [2H]C([2H])([2H])Oc1cc([C@]2([2H])c3cc4c(cc3[C@@H](O[C@@H]3O[C@H]5[C@@H](O[C@H](C)OC5([2H])[2H])[C@H](O)[C@H]3O)[C@@H]3[C@@H]2C(=O)OC3([2H])[2H])OCO4)cc(OC([2H])([2H])[2H])c1O. The Hall–Kier alpha value is -3.33. The lowest BCUT2D eigenvalue weighted by Crippen LogP contribution is -2.63. The van der Waals surface area contributed by atoms with E-state index in [1.54, 1.807) is 0 Å². The van der Waals surface area contributed by atoms with Gasteiger partial charge in [-0.25, -0.2) is 0 Å². The Morgan fingerprint density at radius 2 is 1.69 bits per heavy atom. The first-order valence-corrected chi connectivity index (χ1v) is 12.8. The highest BCUT2D eigenvalue weighted by molar-refractivity contribution is 5.79. The van der Waals surface area contributed by atoms with Gasteiger partial charge in [0.25, 0.3) is 0 Å². The summed E-state index contributed by atoms with van der Waals surface area (Å²) < 4.78 is 139. The number of fused-ring (bicyclic) bond motifs is 4. The Morgan fingerprint density at radius 1 is 0.976 bits per heavy atom. The van der Waals surface area contributed by atoms with Crippen LogP contribution in [-0.2, 0) is 28.5 Å². The molecule has 3 fully saturated rings. The molecular formula is C29H32O13. The molecule has 13 heteroatoms. The molecule has 5 aliphatic rings. The fraction of sp³-hybridized carbons (Fsp3) is 0.552. The zero-order valence-electron chi connectivity index (χ0n) is 32.6. The summed E-state index contributed by atoms with van der Waals surface area (Å²) in [4.78, 5) is 13.8. The van der Waals surface area contributed by atoms with E-state index in [-0.39, 0.29) is 29.4 Å². The quantitative estimate of drug-likeness (QED) is 0.423. The number of ether oxygens (including phenoxy) is 9. The van der Waals surface area contributed by atoms with Crippen LogP contribution in [0.1, 0.15) is 50.7 Å². The smallest absolute Gasteiger partial charge is 0.310 e. The van der Waals surface area contributed by atoms with Crippen molar-refractivity contribution in [3.63, 3.8) is 0 Å². The number of carbonyl (C=O) groups excluding carboxylic acids is 1. The van der Waals surface area contributed by atoms with E-state index in [1.807, 2.05) is 0 Å². The molecule has 226 valence electrons. The number of aliphatic hydroxyl groups excluding tert-OH is 2. The molecule has 0 radical (unpaired) electrons. The van der Waals surface area contributed by atoms with Gasteiger partial charge in [-0.2, -0.15) is 0 Å². The third kappa shape index (κ3) is 4.26. The van der Waals surface area contributed by atoms with Crippen molar-refractivity contribution >= 4 is 5.97 Å². The van der Waals surface area contributed by atoms with Gasteiger partial charge < -0.3 is 58.0 Å². The first kappa shape index (κ1) is 17.7. The topological polar surface area (TPSA) is 161 Å². The maximum Gasteiger partial charge on any atom is 0.310 e. The lowest BCUT2D eigenvalue weighted by molar-refractivity contribution is -0.364. The molecule has 13 nitrogen and oxygen atoms in total. The van der Waals surface area contributed by atoms with Crippen molar-refractivity contribution in [2.45, 2.75) is 55.9 Å². The van der Waals surface area contributed by atoms with Crippen molar-refractivity contribution in [1.29, 1.82) is 0 Å². The van der Waals surface area contributed by atoms with Crippen molar-refractivity contribution in [3.05, 3.63) is 41.0 Å². The molecule has 7 rings (SSSR count). The number of esters is 1. The molecular weight excluding hydrogens is 556 g/mol. The molecule has 0 saturated carbocycles. The van der Waals surface area contributed by atoms with Gasteiger partial charge >= 0.3 is 5.97 Å². The molecule has 10 atom stereocenters. The summed E-state index contributed by atoms with van der Waals surface area (Å²) in [6, 6.07) is 4.26. The van der Waals surface area contributed by atoms with Crippen LogP contribution in [0.2, 0.25) is 0 Å². The summed E-state index contributed by atoms with van der Waals surface area (Å²) in [6.07, 6.45) is -11.7. The van der Waals surface area contributed by atoms with Gasteiger partial charge in [-0.1, -0.05) is 0 Å². The summed E-state index contributed by atoms with van der Waals surface area (Å²) in [6.45, 7) is -4.47. The predicted molar refractivity (Wildman–Crippen MR) is 138 cm³/mol. The second kappa shape index (κ2) is 10.4. The Labute approximate surface area is 256 Å². The van der Waals surface area contributed by atoms with E-state index in [0.717, 1.165) is 12.1 Å². The highest BCUT2D eigenvalue weighted by Gasteiger charge is 2.56. The number of hydrogen-bond acceptors (Lipinski definition) is 13. The molecule has 0 bridgehead atoms. The Balaban J connectivity index is 1.42. The van der Waals surface area contributed by atoms with Crippen molar-refractivity contribution in [1.82, 2.24) is 0 Å². The van der Waals surface area contributed by atoms with Gasteiger partial charge in [0.2, 0.25) is 12.5 Å². The number of benzene rings is 2. The fourth-order valence-electron chi connectivity index (χ4n) is 5.86. The molecule has 0 spiro atoms. The summed E-state index contributed by atoms with van der Waals surface area (Å²) in [7, 11) is -6.45. The molecule has 0 aromatic heterocycles.